The van der Waals surface area contributed by atoms with E-state index in [2.05, 4.69) is 17.1 Å². The molecule has 138 valence electrons. The molecule has 25 heavy (non-hydrogen) atoms. The van der Waals surface area contributed by atoms with Crippen molar-refractivity contribution in [3.05, 3.63) is 24.3 Å². The van der Waals surface area contributed by atoms with Gasteiger partial charge in [-0.15, -0.1) is 0 Å². The maximum Gasteiger partial charge on any atom is 0.226 e. The van der Waals surface area contributed by atoms with Gasteiger partial charge in [0.25, 0.3) is 0 Å². The van der Waals surface area contributed by atoms with Crippen LogP contribution in [0.3, 0.4) is 0 Å². The maximum absolute atomic E-state index is 12.2. The Labute approximate surface area is 151 Å². The number of hydrogen-bond acceptors (Lipinski definition) is 3. The zero-order valence-corrected chi connectivity index (χ0v) is 15.8. The van der Waals surface area contributed by atoms with Crippen LogP contribution in [0.5, 0.6) is 0 Å². The molecule has 1 aromatic rings. The Morgan fingerprint density at radius 3 is 2.24 bits per heavy atom. The van der Waals surface area contributed by atoms with Crippen LogP contribution in [0.1, 0.15) is 46.5 Å². The minimum Gasteiger partial charge on any atom is -0.368 e. The Kier molecular flexibility index (Phi) is 7.29. The third-order valence-electron chi connectivity index (χ3n) is 4.65. The van der Waals surface area contributed by atoms with Crippen LogP contribution in [0, 0.1) is 5.92 Å². The summed E-state index contributed by atoms with van der Waals surface area (Å²) in [6.45, 7) is 9.21. The van der Waals surface area contributed by atoms with Crippen LogP contribution in [0.15, 0.2) is 24.3 Å². The van der Waals surface area contributed by atoms with Gasteiger partial charge < -0.3 is 15.1 Å². The van der Waals surface area contributed by atoms with Crippen LogP contribution in [0.2, 0.25) is 0 Å². The number of anilines is 2. The number of nitrogens with one attached hydrogen (secondary N) is 1. The molecule has 1 saturated heterocycles. The van der Waals surface area contributed by atoms with Gasteiger partial charge in [-0.05, 0) is 30.7 Å². The van der Waals surface area contributed by atoms with Crippen molar-refractivity contribution in [3.8, 4) is 0 Å². The van der Waals surface area contributed by atoms with E-state index in [1.165, 1.54) is 0 Å². The van der Waals surface area contributed by atoms with Crippen molar-refractivity contribution in [1.29, 1.82) is 0 Å². The third kappa shape index (κ3) is 5.76. The lowest BCUT2D eigenvalue weighted by Gasteiger charge is -2.36. The highest BCUT2D eigenvalue weighted by molar-refractivity contribution is 5.92. The molecule has 5 nitrogen and oxygen atoms in total. The molecule has 0 saturated carbocycles. The Balaban J connectivity index is 1.82. The molecule has 1 heterocycles. The molecule has 5 heteroatoms. The van der Waals surface area contributed by atoms with Gasteiger partial charge in [0.2, 0.25) is 11.8 Å². The molecule has 1 aromatic carbocycles. The third-order valence-corrected chi connectivity index (χ3v) is 4.65. The van der Waals surface area contributed by atoms with Gasteiger partial charge >= 0.3 is 0 Å². The first kappa shape index (κ1) is 19.3. The van der Waals surface area contributed by atoms with Gasteiger partial charge in [0, 0.05) is 49.9 Å². The number of carbonyl (C=O) groups excluding carboxylic acids is 2. The summed E-state index contributed by atoms with van der Waals surface area (Å²) in [6.07, 6.45) is 3.96. The largest absolute Gasteiger partial charge is 0.368 e. The second-order valence-electron chi connectivity index (χ2n) is 7.02. The summed E-state index contributed by atoms with van der Waals surface area (Å²) < 4.78 is 0. The lowest BCUT2D eigenvalue weighted by atomic mass is 10.1. The number of amides is 2. The van der Waals surface area contributed by atoms with Crippen LogP contribution < -0.4 is 10.2 Å². The van der Waals surface area contributed by atoms with Gasteiger partial charge in [0.15, 0.2) is 0 Å². The number of unbranched alkanes of at least 4 members (excludes halogenated alkanes) is 2. The molecule has 0 bridgehead atoms. The number of rotatable bonds is 7. The monoisotopic (exact) mass is 345 g/mol. The van der Waals surface area contributed by atoms with Crippen molar-refractivity contribution < 1.29 is 9.59 Å². The van der Waals surface area contributed by atoms with Gasteiger partial charge in [-0.1, -0.05) is 33.6 Å². The molecule has 0 aliphatic carbocycles. The summed E-state index contributed by atoms with van der Waals surface area (Å²) in [5, 5.41) is 2.91. The number of piperazine rings is 1. The van der Waals surface area contributed by atoms with Crippen LogP contribution >= 0.6 is 0 Å². The second-order valence-corrected chi connectivity index (χ2v) is 7.02. The number of nitrogens with zero attached hydrogens (tertiary/aromatic N) is 2. The molecular weight excluding hydrogens is 314 g/mol. The summed E-state index contributed by atoms with van der Waals surface area (Å²) in [5.41, 5.74) is 1.97. The molecule has 1 aliphatic heterocycles. The molecule has 0 radical (unpaired) electrons. The van der Waals surface area contributed by atoms with E-state index in [4.69, 9.17) is 0 Å². The van der Waals surface area contributed by atoms with E-state index in [0.717, 1.165) is 56.8 Å². The Morgan fingerprint density at radius 2 is 1.68 bits per heavy atom. The summed E-state index contributed by atoms with van der Waals surface area (Å²) in [7, 11) is 0. The van der Waals surface area contributed by atoms with Crippen molar-refractivity contribution >= 4 is 23.2 Å². The number of benzene rings is 1. The molecular formula is C20H31N3O2. The molecule has 2 amide bonds. The zero-order valence-electron chi connectivity index (χ0n) is 15.8. The molecule has 0 spiro atoms. The normalized spacial score (nSPS) is 14.7. The fourth-order valence-electron chi connectivity index (χ4n) is 2.94. The lowest BCUT2D eigenvalue weighted by molar-refractivity contribution is -0.131. The number of carbonyl (C=O) groups is 2. The Morgan fingerprint density at radius 1 is 1.04 bits per heavy atom. The maximum atomic E-state index is 12.2. The van der Waals surface area contributed by atoms with Crippen LogP contribution in [0.4, 0.5) is 11.4 Å². The minimum atomic E-state index is -0.0254. The van der Waals surface area contributed by atoms with E-state index in [9.17, 15) is 9.59 Å². The van der Waals surface area contributed by atoms with Crippen molar-refractivity contribution in [2.24, 2.45) is 5.92 Å². The molecule has 1 fully saturated rings. The first-order valence-electron chi connectivity index (χ1n) is 9.45. The van der Waals surface area contributed by atoms with Gasteiger partial charge in [-0.2, -0.15) is 0 Å². The molecule has 0 unspecified atom stereocenters. The second kappa shape index (κ2) is 9.44. The SMILES string of the molecule is CCCCCC(=O)N1CCN(c2ccc(NC(=O)C(C)C)cc2)CC1. The minimum absolute atomic E-state index is 0.0254. The quantitative estimate of drug-likeness (QED) is 0.770. The zero-order chi connectivity index (χ0) is 18.2. The lowest BCUT2D eigenvalue weighted by Crippen LogP contribution is -2.48. The van der Waals surface area contributed by atoms with Gasteiger partial charge in [0.05, 0.1) is 0 Å². The average Bonchev–Trinajstić information content (AvgIpc) is 2.62. The predicted molar refractivity (Wildman–Crippen MR) is 103 cm³/mol. The van der Waals surface area contributed by atoms with E-state index in [-0.39, 0.29) is 11.8 Å². The van der Waals surface area contributed by atoms with Crippen molar-refractivity contribution in [2.75, 3.05) is 36.4 Å². The van der Waals surface area contributed by atoms with Gasteiger partial charge in [-0.25, -0.2) is 0 Å². The highest BCUT2D eigenvalue weighted by atomic mass is 16.2. The number of hydrogen-bond donors (Lipinski definition) is 1. The first-order valence-corrected chi connectivity index (χ1v) is 9.45. The Hall–Kier alpha value is -2.04. The van der Waals surface area contributed by atoms with E-state index >= 15 is 0 Å². The highest BCUT2D eigenvalue weighted by Crippen LogP contribution is 2.20. The van der Waals surface area contributed by atoms with Crippen LogP contribution in [-0.4, -0.2) is 42.9 Å². The predicted octanol–water partition coefficient (Wildman–Crippen LogP) is 3.51. The smallest absolute Gasteiger partial charge is 0.226 e. The van der Waals surface area contributed by atoms with E-state index in [1.807, 2.05) is 43.0 Å². The highest BCUT2D eigenvalue weighted by Gasteiger charge is 2.20. The average molecular weight is 345 g/mol. The summed E-state index contributed by atoms with van der Waals surface area (Å²) in [4.78, 5) is 28.2. The van der Waals surface area contributed by atoms with E-state index < -0.39 is 0 Å². The van der Waals surface area contributed by atoms with Crippen LogP contribution in [-0.2, 0) is 9.59 Å². The molecule has 0 aromatic heterocycles. The van der Waals surface area contributed by atoms with Gasteiger partial charge in [-0.3, -0.25) is 9.59 Å². The molecule has 2 rings (SSSR count). The van der Waals surface area contributed by atoms with E-state index in [0.29, 0.717) is 12.3 Å². The first-order chi connectivity index (χ1) is 12.0. The van der Waals surface area contributed by atoms with Gasteiger partial charge in [0.1, 0.15) is 0 Å². The standard InChI is InChI=1S/C20H31N3O2/c1-4-5-6-7-19(24)23-14-12-22(13-15-23)18-10-8-17(9-11-18)21-20(25)16(2)3/h8-11,16H,4-7,12-15H2,1-3H3,(H,21,25). The van der Waals surface area contributed by atoms with Crippen molar-refractivity contribution in [2.45, 2.75) is 46.5 Å². The summed E-state index contributed by atoms with van der Waals surface area (Å²) in [5.74, 6) is 0.297. The molecule has 0 atom stereocenters. The van der Waals surface area contributed by atoms with Crippen molar-refractivity contribution in [3.63, 3.8) is 0 Å². The fraction of sp³-hybridized carbons (Fsp3) is 0.600. The fourth-order valence-corrected chi connectivity index (χ4v) is 2.94. The Bertz CT molecular complexity index is 561. The molecule has 1 aliphatic rings. The summed E-state index contributed by atoms with van der Waals surface area (Å²) in [6, 6.07) is 7.96. The molecule has 1 N–H and O–H groups in total. The van der Waals surface area contributed by atoms with Crippen molar-refractivity contribution in [1.82, 2.24) is 4.90 Å². The van der Waals surface area contributed by atoms with E-state index in [1.54, 1.807) is 0 Å². The summed E-state index contributed by atoms with van der Waals surface area (Å²) >= 11 is 0. The topological polar surface area (TPSA) is 52.7 Å². The van der Waals surface area contributed by atoms with Crippen LogP contribution in [0.25, 0.3) is 0 Å².